The van der Waals surface area contributed by atoms with Gasteiger partial charge in [-0.3, -0.25) is 0 Å². The Hall–Kier alpha value is -1.58. The summed E-state index contributed by atoms with van der Waals surface area (Å²) in [4.78, 5) is 1.88. The third kappa shape index (κ3) is 2.88. The molecule has 0 spiro atoms. The third-order valence-electron chi connectivity index (χ3n) is 2.83. The van der Waals surface area contributed by atoms with Crippen LogP contribution in [-0.2, 0) is 9.83 Å². The van der Waals surface area contributed by atoms with Crippen molar-refractivity contribution < 1.29 is 4.21 Å². The van der Waals surface area contributed by atoms with E-state index >= 15 is 0 Å². The van der Waals surface area contributed by atoms with Crippen LogP contribution in [0.25, 0.3) is 10.8 Å². The minimum Gasteiger partial charge on any atom is -0.242 e. The highest BCUT2D eigenvalue weighted by Crippen LogP contribution is 2.28. The molecule has 0 aliphatic heterocycles. The van der Waals surface area contributed by atoms with Gasteiger partial charge in [-0.25, -0.2) is 4.21 Å². The smallest absolute Gasteiger partial charge is 0.118 e. The van der Waals surface area contributed by atoms with Crippen LogP contribution in [0.15, 0.2) is 82.6 Å². The Labute approximate surface area is 118 Å². The van der Waals surface area contributed by atoms with Gasteiger partial charge in [-0.1, -0.05) is 48.5 Å². The van der Waals surface area contributed by atoms with Gasteiger partial charge in [-0.2, -0.15) is 0 Å². The molecule has 3 aromatic carbocycles. The Bertz CT molecular complexity index is 723. The van der Waals surface area contributed by atoms with Crippen molar-refractivity contribution >= 4 is 31.4 Å². The molecule has 1 nitrogen and oxygen atoms in total. The molecule has 1 unspecified atom stereocenters. The van der Waals surface area contributed by atoms with Crippen LogP contribution in [0.1, 0.15) is 0 Å². The van der Waals surface area contributed by atoms with Crippen LogP contribution in [0.3, 0.4) is 0 Å². The lowest BCUT2D eigenvalue weighted by atomic mass is 10.1. The van der Waals surface area contributed by atoms with Crippen LogP contribution >= 0.6 is 10.8 Å². The summed E-state index contributed by atoms with van der Waals surface area (Å²) in [6.45, 7) is 0. The first-order chi connectivity index (χ1) is 9.33. The largest absolute Gasteiger partial charge is 0.242 e. The lowest BCUT2D eigenvalue weighted by Gasteiger charge is -2.03. The van der Waals surface area contributed by atoms with E-state index in [1.807, 2.05) is 66.7 Å². The molecule has 0 aromatic heterocycles. The average molecular weight is 284 g/mol. The second-order valence-electron chi connectivity index (χ2n) is 4.14. The summed E-state index contributed by atoms with van der Waals surface area (Å²) in [7, 11) is 0.304. The van der Waals surface area contributed by atoms with E-state index in [1.54, 1.807) is 0 Å². The highest BCUT2D eigenvalue weighted by atomic mass is 33.1. The van der Waals surface area contributed by atoms with Crippen LogP contribution in [-0.4, -0.2) is 4.21 Å². The van der Waals surface area contributed by atoms with Gasteiger partial charge in [-0.05, 0) is 45.8 Å². The third-order valence-corrected chi connectivity index (χ3v) is 5.69. The first kappa shape index (κ1) is 12.5. The van der Waals surface area contributed by atoms with Crippen molar-refractivity contribution in [1.82, 2.24) is 0 Å². The predicted octanol–water partition coefficient (Wildman–Crippen LogP) is 4.65. The Kier molecular flexibility index (Phi) is 3.67. The minimum absolute atomic E-state index is 0.854. The van der Waals surface area contributed by atoms with E-state index in [9.17, 15) is 4.21 Å². The monoisotopic (exact) mass is 284 g/mol. The molecule has 0 saturated carbocycles. The molecule has 3 rings (SSSR count). The van der Waals surface area contributed by atoms with Crippen LogP contribution in [0.4, 0.5) is 0 Å². The summed E-state index contributed by atoms with van der Waals surface area (Å²) < 4.78 is 12.3. The molecule has 0 aliphatic carbocycles. The van der Waals surface area contributed by atoms with Crippen molar-refractivity contribution in [3.8, 4) is 0 Å². The molecule has 19 heavy (non-hydrogen) atoms. The maximum Gasteiger partial charge on any atom is 0.118 e. The molecule has 3 aromatic rings. The zero-order valence-corrected chi connectivity index (χ0v) is 11.8. The van der Waals surface area contributed by atoms with Crippen LogP contribution in [0.2, 0.25) is 0 Å². The van der Waals surface area contributed by atoms with Gasteiger partial charge < -0.3 is 0 Å². The highest BCUT2D eigenvalue weighted by molar-refractivity contribution is 8.69. The first-order valence-corrected chi connectivity index (χ1v) is 8.45. The summed E-state index contributed by atoms with van der Waals surface area (Å²) in [6, 6.07) is 23.9. The molecule has 0 fully saturated rings. The van der Waals surface area contributed by atoms with Crippen LogP contribution in [0.5, 0.6) is 0 Å². The van der Waals surface area contributed by atoms with Gasteiger partial charge in [-0.15, -0.1) is 0 Å². The van der Waals surface area contributed by atoms with Crippen molar-refractivity contribution in [2.75, 3.05) is 0 Å². The number of fused-ring (bicyclic) bond motifs is 1. The highest BCUT2D eigenvalue weighted by Gasteiger charge is 2.06. The van der Waals surface area contributed by atoms with E-state index in [0.29, 0.717) is 0 Å². The van der Waals surface area contributed by atoms with Gasteiger partial charge in [0.1, 0.15) is 9.83 Å². The van der Waals surface area contributed by atoms with Crippen molar-refractivity contribution in [2.45, 2.75) is 9.79 Å². The summed E-state index contributed by atoms with van der Waals surface area (Å²) in [5.41, 5.74) is 0. The van der Waals surface area contributed by atoms with Crippen LogP contribution < -0.4 is 0 Å². The molecule has 3 heteroatoms. The molecule has 1 atom stereocenters. The van der Waals surface area contributed by atoms with E-state index in [4.69, 9.17) is 0 Å². The van der Waals surface area contributed by atoms with Crippen molar-refractivity contribution in [3.05, 3.63) is 72.8 Å². The predicted molar refractivity (Wildman–Crippen MR) is 82.7 cm³/mol. The molecule has 94 valence electrons. The fourth-order valence-electron chi connectivity index (χ4n) is 1.88. The number of benzene rings is 3. The van der Waals surface area contributed by atoms with E-state index < -0.39 is 9.83 Å². The van der Waals surface area contributed by atoms with Gasteiger partial charge in [0.2, 0.25) is 0 Å². The lowest BCUT2D eigenvalue weighted by Crippen LogP contribution is -1.86. The van der Waals surface area contributed by atoms with Crippen molar-refractivity contribution in [2.24, 2.45) is 0 Å². The molecule has 0 amide bonds. The Morgan fingerprint density at radius 2 is 1.42 bits per heavy atom. The number of hydrogen-bond donors (Lipinski definition) is 0. The van der Waals surface area contributed by atoms with E-state index in [0.717, 1.165) is 15.2 Å². The maximum absolute atomic E-state index is 12.3. The maximum atomic E-state index is 12.3. The van der Waals surface area contributed by atoms with Crippen LogP contribution in [0, 0.1) is 0 Å². The van der Waals surface area contributed by atoms with Crippen molar-refractivity contribution in [1.29, 1.82) is 0 Å². The molecule has 0 radical (unpaired) electrons. The van der Waals surface area contributed by atoms with Gasteiger partial charge in [0.25, 0.3) is 0 Å². The SMILES string of the molecule is O=S(Sc1ccccc1)c1ccc2ccccc2c1. The van der Waals surface area contributed by atoms with Gasteiger partial charge in [0.15, 0.2) is 0 Å². The number of rotatable bonds is 3. The Morgan fingerprint density at radius 3 is 2.21 bits per heavy atom. The number of hydrogen-bond acceptors (Lipinski definition) is 2. The quantitative estimate of drug-likeness (QED) is 0.651. The lowest BCUT2D eigenvalue weighted by molar-refractivity contribution is 0.691. The summed E-state index contributed by atoms with van der Waals surface area (Å²) in [5, 5.41) is 2.30. The molecule has 0 aliphatic rings. The molecule has 0 heterocycles. The van der Waals surface area contributed by atoms with Gasteiger partial charge in [0.05, 0.1) is 4.90 Å². The molecule has 0 saturated heterocycles. The zero-order valence-electron chi connectivity index (χ0n) is 10.2. The summed E-state index contributed by atoms with van der Waals surface area (Å²) >= 11 is 0. The minimum atomic E-state index is -1.07. The van der Waals surface area contributed by atoms with E-state index in [1.165, 1.54) is 16.2 Å². The van der Waals surface area contributed by atoms with E-state index in [-0.39, 0.29) is 0 Å². The second-order valence-corrected chi connectivity index (χ2v) is 7.13. The summed E-state index contributed by atoms with van der Waals surface area (Å²) in [5.74, 6) is 0. The standard InChI is InChI=1S/C16H12OS2/c17-19(18-15-8-2-1-3-9-15)16-11-10-13-6-4-5-7-14(13)12-16/h1-12H. The topological polar surface area (TPSA) is 17.1 Å². The molecular weight excluding hydrogens is 272 g/mol. The Morgan fingerprint density at radius 1 is 0.737 bits per heavy atom. The Balaban J connectivity index is 1.89. The van der Waals surface area contributed by atoms with Crippen molar-refractivity contribution in [3.63, 3.8) is 0 Å². The fourth-order valence-corrected chi connectivity index (χ4v) is 4.28. The van der Waals surface area contributed by atoms with Gasteiger partial charge >= 0.3 is 0 Å². The van der Waals surface area contributed by atoms with Gasteiger partial charge in [0, 0.05) is 4.90 Å². The van der Waals surface area contributed by atoms with E-state index in [2.05, 4.69) is 6.07 Å². The second kappa shape index (κ2) is 5.59. The molecular formula is C16H12OS2. The molecule has 0 bridgehead atoms. The molecule has 0 N–H and O–H groups in total. The average Bonchev–Trinajstić information content (AvgIpc) is 2.48. The normalized spacial score (nSPS) is 12.4. The zero-order chi connectivity index (χ0) is 13.1. The summed E-state index contributed by atoms with van der Waals surface area (Å²) in [6.07, 6.45) is 0. The fraction of sp³-hybridized carbons (Fsp3) is 0. The first-order valence-electron chi connectivity index (χ1n) is 5.97.